The summed E-state index contributed by atoms with van der Waals surface area (Å²) in [7, 11) is 1.79. The average Bonchev–Trinajstić information content (AvgIpc) is 2.58. The van der Waals surface area contributed by atoms with Gasteiger partial charge in [0.25, 0.3) is 0 Å². The molecule has 3 nitrogen and oxygen atoms in total. The number of rotatable bonds is 3. The van der Waals surface area contributed by atoms with Crippen LogP contribution in [0.5, 0.6) is 0 Å². The minimum atomic E-state index is 0.474. The van der Waals surface area contributed by atoms with Crippen molar-refractivity contribution in [2.45, 2.75) is 44.4 Å². The van der Waals surface area contributed by atoms with Gasteiger partial charge in [-0.2, -0.15) is 0 Å². The van der Waals surface area contributed by atoms with Crippen molar-refractivity contribution in [3.8, 4) is 0 Å². The highest BCUT2D eigenvalue weighted by Gasteiger charge is 2.30. The second-order valence-electron chi connectivity index (χ2n) is 3.98. The Balaban J connectivity index is 1.72. The molecule has 14 heavy (non-hydrogen) atoms. The molecule has 0 aromatic heterocycles. The summed E-state index contributed by atoms with van der Waals surface area (Å²) in [5.41, 5.74) is 0. The number of hydrogen-bond acceptors (Lipinski definition) is 4. The van der Waals surface area contributed by atoms with Crippen LogP contribution in [0.15, 0.2) is 4.99 Å². The maximum Gasteiger partial charge on any atom is 0.157 e. The largest absolute Gasteiger partial charge is 0.381 e. The van der Waals surface area contributed by atoms with Gasteiger partial charge in [0.05, 0.1) is 12.1 Å². The van der Waals surface area contributed by atoms with E-state index in [4.69, 9.17) is 4.74 Å². The van der Waals surface area contributed by atoms with Crippen LogP contribution in [-0.4, -0.2) is 36.2 Å². The Morgan fingerprint density at radius 2 is 2.36 bits per heavy atom. The number of hydrogen-bond donors (Lipinski definition) is 1. The summed E-state index contributed by atoms with van der Waals surface area (Å²) in [5.74, 6) is 1.15. The van der Waals surface area contributed by atoms with Crippen LogP contribution < -0.4 is 5.32 Å². The van der Waals surface area contributed by atoms with Gasteiger partial charge in [-0.3, -0.25) is 4.99 Å². The topological polar surface area (TPSA) is 33.6 Å². The number of aliphatic imine (C=N–C) groups is 1. The van der Waals surface area contributed by atoms with Crippen LogP contribution in [0, 0.1) is 0 Å². The van der Waals surface area contributed by atoms with Gasteiger partial charge in [-0.25, -0.2) is 0 Å². The molecule has 0 radical (unpaired) electrons. The fourth-order valence-electron chi connectivity index (χ4n) is 1.75. The Labute approximate surface area is 89.7 Å². The third kappa shape index (κ3) is 2.23. The van der Waals surface area contributed by atoms with Crippen molar-refractivity contribution in [2.24, 2.45) is 4.99 Å². The zero-order valence-corrected chi connectivity index (χ0v) is 9.64. The zero-order valence-electron chi connectivity index (χ0n) is 8.82. The van der Waals surface area contributed by atoms with Crippen molar-refractivity contribution < 1.29 is 4.74 Å². The molecule has 1 N–H and O–H groups in total. The first kappa shape index (κ1) is 10.3. The molecular weight excluding hydrogens is 196 g/mol. The van der Waals surface area contributed by atoms with Crippen LogP contribution >= 0.6 is 11.8 Å². The van der Waals surface area contributed by atoms with Gasteiger partial charge in [-0.15, -0.1) is 0 Å². The van der Waals surface area contributed by atoms with E-state index in [9.17, 15) is 0 Å². The van der Waals surface area contributed by atoms with E-state index in [-0.39, 0.29) is 0 Å². The molecule has 1 unspecified atom stereocenters. The number of thioether (sulfide) groups is 1. The van der Waals surface area contributed by atoms with Crippen LogP contribution in [0.4, 0.5) is 0 Å². The molecule has 2 aliphatic rings. The van der Waals surface area contributed by atoms with E-state index in [2.05, 4.69) is 17.2 Å². The van der Waals surface area contributed by atoms with Gasteiger partial charge in [0.15, 0.2) is 5.17 Å². The van der Waals surface area contributed by atoms with Crippen LogP contribution in [0.3, 0.4) is 0 Å². The van der Waals surface area contributed by atoms with E-state index >= 15 is 0 Å². The molecule has 1 aliphatic carbocycles. The predicted molar refractivity (Wildman–Crippen MR) is 60.9 cm³/mol. The van der Waals surface area contributed by atoms with Crippen LogP contribution in [0.1, 0.15) is 26.2 Å². The summed E-state index contributed by atoms with van der Waals surface area (Å²) < 4.78 is 5.24. The lowest BCUT2D eigenvalue weighted by Crippen LogP contribution is -2.46. The normalized spacial score (nSPS) is 36.4. The Morgan fingerprint density at radius 3 is 2.93 bits per heavy atom. The first-order valence-corrected chi connectivity index (χ1v) is 6.30. The van der Waals surface area contributed by atoms with E-state index in [1.165, 1.54) is 0 Å². The van der Waals surface area contributed by atoms with Gasteiger partial charge in [-0.05, 0) is 19.3 Å². The van der Waals surface area contributed by atoms with E-state index < -0.39 is 0 Å². The molecule has 0 saturated heterocycles. The first-order chi connectivity index (χ1) is 6.81. The minimum Gasteiger partial charge on any atom is -0.381 e. The SMILES string of the molecule is CCC1CSC(NC2CC(OC)C2)=N1. The number of ether oxygens (including phenoxy) is 1. The Morgan fingerprint density at radius 1 is 1.57 bits per heavy atom. The van der Waals surface area contributed by atoms with E-state index in [0.717, 1.165) is 30.2 Å². The second-order valence-corrected chi connectivity index (χ2v) is 4.99. The molecule has 1 fully saturated rings. The van der Waals surface area contributed by atoms with Crippen LogP contribution in [-0.2, 0) is 4.74 Å². The predicted octanol–water partition coefficient (Wildman–Crippen LogP) is 1.63. The third-order valence-corrected chi connectivity index (χ3v) is 3.99. The maximum atomic E-state index is 5.24. The number of amidine groups is 1. The first-order valence-electron chi connectivity index (χ1n) is 5.31. The van der Waals surface area contributed by atoms with E-state index in [0.29, 0.717) is 18.2 Å². The van der Waals surface area contributed by atoms with Crippen LogP contribution in [0.25, 0.3) is 0 Å². The Hall–Kier alpha value is -0.220. The van der Waals surface area contributed by atoms with Crippen LogP contribution in [0.2, 0.25) is 0 Å². The third-order valence-electron chi connectivity index (χ3n) is 2.94. The van der Waals surface area contributed by atoms with Gasteiger partial charge >= 0.3 is 0 Å². The average molecular weight is 214 g/mol. The maximum absolute atomic E-state index is 5.24. The smallest absolute Gasteiger partial charge is 0.157 e. The molecule has 1 saturated carbocycles. The summed E-state index contributed by atoms with van der Waals surface area (Å²) in [4.78, 5) is 4.61. The standard InChI is InChI=1S/C10H18N2OS/c1-3-7-6-14-10(11-7)12-8-4-9(5-8)13-2/h7-9H,3-6H2,1-2H3,(H,11,12). The molecule has 0 bridgehead atoms. The molecule has 1 aliphatic heterocycles. The lowest BCUT2D eigenvalue weighted by molar-refractivity contribution is 0.0228. The monoisotopic (exact) mass is 214 g/mol. The molecule has 2 rings (SSSR count). The van der Waals surface area contributed by atoms with E-state index in [1.807, 2.05) is 11.8 Å². The fourth-order valence-corrected chi connectivity index (χ4v) is 2.89. The minimum absolute atomic E-state index is 0.474. The van der Waals surface area contributed by atoms with Crippen molar-refractivity contribution in [1.82, 2.24) is 5.32 Å². The lowest BCUT2D eigenvalue weighted by Gasteiger charge is -2.34. The molecule has 1 atom stereocenters. The van der Waals surface area contributed by atoms with Crippen molar-refractivity contribution in [3.63, 3.8) is 0 Å². The summed E-state index contributed by atoms with van der Waals surface area (Å²) in [6.45, 7) is 2.20. The highest BCUT2D eigenvalue weighted by atomic mass is 32.2. The molecule has 0 aromatic rings. The Bertz CT molecular complexity index is 226. The summed E-state index contributed by atoms with van der Waals surface area (Å²) in [5, 5.41) is 4.63. The molecule has 0 spiro atoms. The highest BCUT2D eigenvalue weighted by molar-refractivity contribution is 8.14. The van der Waals surface area contributed by atoms with Gasteiger partial charge in [0, 0.05) is 18.9 Å². The van der Waals surface area contributed by atoms with Crippen molar-refractivity contribution >= 4 is 16.9 Å². The van der Waals surface area contributed by atoms with Gasteiger partial charge < -0.3 is 10.1 Å². The molecule has 1 heterocycles. The Kier molecular flexibility index (Phi) is 3.34. The summed E-state index contributed by atoms with van der Waals surface area (Å²) in [6.07, 6.45) is 3.89. The fraction of sp³-hybridized carbons (Fsp3) is 0.900. The number of nitrogens with one attached hydrogen (secondary N) is 1. The molecule has 4 heteroatoms. The lowest BCUT2D eigenvalue weighted by atomic mass is 9.89. The highest BCUT2D eigenvalue weighted by Crippen LogP contribution is 2.25. The van der Waals surface area contributed by atoms with Gasteiger partial charge in [0.1, 0.15) is 0 Å². The number of nitrogens with zero attached hydrogens (tertiary/aromatic N) is 1. The summed E-state index contributed by atoms with van der Waals surface area (Å²) in [6, 6.07) is 1.14. The molecule has 80 valence electrons. The quantitative estimate of drug-likeness (QED) is 0.775. The molecule has 0 aromatic carbocycles. The van der Waals surface area contributed by atoms with Crippen molar-refractivity contribution in [1.29, 1.82) is 0 Å². The molecule has 0 amide bonds. The zero-order chi connectivity index (χ0) is 9.97. The van der Waals surface area contributed by atoms with Gasteiger partial charge in [-0.1, -0.05) is 18.7 Å². The van der Waals surface area contributed by atoms with Gasteiger partial charge in [0.2, 0.25) is 0 Å². The summed E-state index contributed by atoms with van der Waals surface area (Å²) >= 11 is 1.86. The van der Waals surface area contributed by atoms with Crippen molar-refractivity contribution in [2.75, 3.05) is 12.9 Å². The van der Waals surface area contributed by atoms with Crippen molar-refractivity contribution in [3.05, 3.63) is 0 Å². The molecular formula is C10H18N2OS. The second kappa shape index (κ2) is 4.53. The number of methoxy groups -OCH3 is 1. The van der Waals surface area contributed by atoms with E-state index in [1.54, 1.807) is 7.11 Å².